The van der Waals surface area contributed by atoms with E-state index in [9.17, 15) is 9.90 Å². The molecule has 1 aromatic heterocycles. The number of carboxylic acid groups (broad SMARTS) is 1. The molecule has 0 fully saturated rings. The predicted molar refractivity (Wildman–Crippen MR) is 72.6 cm³/mol. The lowest BCUT2D eigenvalue weighted by Gasteiger charge is -2.13. The van der Waals surface area contributed by atoms with Gasteiger partial charge in [0.1, 0.15) is 5.69 Å². The zero-order valence-electron chi connectivity index (χ0n) is 11.8. The quantitative estimate of drug-likeness (QED) is 0.895. The van der Waals surface area contributed by atoms with E-state index in [0.717, 1.165) is 27.8 Å². The number of aryl methyl sites for hydroxylation is 3. The van der Waals surface area contributed by atoms with Gasteiger partial charge in [-0.3, -0.25) is 0 Å². The van der Waals surface area contributed by atoms with Crippen molar-refractivity contribution in [2.24, 2.45) is 0 Å². The standard InChI is InChI=1S/C15H17NO3/c1-7-6-8(2)10(4)12(9(7)3)13-14(15(17)18)19-11(5)16-13/h6H,1-5H3,(H,17,18). The summed E-state index contributed by atoms with van der Waals surface area (Å²) in [6, 6.07) is 2.10. The smallest absolute Gasteiger partial charge is 0.374 e. The molecule has 19 heavy (non-hydrogen) atoms. The van der Waals surface area contributed by atoms with Crippen molar-refractivity contribution in [2.45, 2.75) is 34.6 Å². The van der Waals surface area contributed by atoms with Crippen molar-refractivity contribution in [2.75, 3.05) is 0 Å². The Bertz CT molecular complexity index is 642. The Morgan fingerprint density at radius 1 is 1.11 bits per heavy atom. The summed E-state index contributed by atoms with van der Waals surface area (Å²) in [6.07, 6.45) is 0. The largest absolute Gasteiger partial charge is 0.475 e. The molecule has 0 spiro atoms. The first-order valence-corrected chi connectivity index (χ1v) is 6.11. The molecule has 0 amide bonds. The third kappa shape index (κ3) is 2.14. The van der Waals surface area contributed by atoms with Gasteiger partial charge in [-0.05, 0) is 49.9 Å². The summed E-state index contributed by atoms with van der Waals surface area (Å²) in [5.74, 6) is -0.812. The van der Waals surface area contributed by atoms with Crippen LogP contribution in [0.5, 0.6) is 0 Å². The minimum atomic E-state index is -1.09. The van der Waals surface area contributed by atoms with Crippen LogP contribution < -0.4 is 0 Å². The molecule has 100 valence electrons. The monoisotopic (exact) mass is 259 g/mol. The van der Waals surface area contributed by atoms with Gasteiger partial charge in [-0.25, -0.2) is 9.78 Å². The Kier molecular flexibility index (Phi) is 3.18. The van der Waals surface area contributed by atoms with Gasteiger partial charge in [-0.15, -0.1) is 0 Å². The molecule has 2 aromatic rings. The minimum Gasteiger partial charge on any atom is -0.475 e. The molecule has 0 unspecified atom stereocenters. The second kappa shape index (κ2) is 4.53. The van der Waals surface area contributed by atoms with E-state index in [-0.39, 0.29) is 5.76 Å². The normalized spacial score (nSPS) is 10.8. The van der Waals surface area contributed by atoms with E-state index in [1.165, 1.54) is 0 Å². The number of carbonyl (C=O) groups is 1. The van der Waals surface area contributed by atoms with E-state index >= 15 is 0 Å². The second-order valence-corrected chi connectivity index (χ2v) is 4.85. The van der Waals surface area contributed by atoms with Crippen LogP contribution in [0.4, 0.5) is 0 Å². The minimum absolute atomic E-state index is 0.0892. The van der Waals surface area contributed by atoms with Gasteiger partial charge in [0.15, 0.2) is 5.89 Å². The molecule has 1 aromatic carbocycles. The molecular formula is C15H17NO3. The van der Waals surface area contributed by atoms with Crippen molar-refractivity contribution < 1.29 is 14.3 Å². The predicted octanol–water partition coefficient (Wildman–Crippen LogP) is 3.58. The highest BCUT2D eigenvalue weighted by Crippen LogP contribution is 2.33. The number of oxazole rings is 1. The van der Waals surface area contributed by atoms with Gasteiger partial charge in [0.05, 0.1) is 0 Å². The second-order valence-electron chi connectivity index (χ2n) is 4.85. The maximum Gasteiger partial charge on any atom is 0.374 e. The number of aromatic nitrogens is 1. The highest BCUT2D eigenvalue weighted by molar-refractivity contribution is 5.93. The van der Waals surface area contributed by atoms with Crippen LogP contribution in [-0.2, 0) is 0 Å². The Balaban J connectivity index is 2.83. The van der Waals surface area contributed by atoms with Gasteiger partial charge in [0, 0.05) is 12.5 Å². The van der Waals surface area contributed by atoms with E-state index in [0.29, 0.717) is 11.6 Å². The van der Waals surface area contributed by atoms with Crippen LogP contribution >= 0.6 is 0 Å². The van der Waals surface area contributed by atoms with E-state index in [1.807, 2.05) is 27.7 Å². The number of rotatable bonds is 2. The van der Waals surface area contributed by atoms with Gasteiger partial charge in [-0.2, -0.15) is 0 Å². The summed E-state index contributed by atoms with van der Waals surface area (Å²) >= 11 is 0. The van der Waals surface area contributed by atoms with Crippen LogP contribution in [0, 0.1) is 34.6 Å². The lowest BCUT2D eigenvalue weighted by Crippen LogP contribution is -2.01. The summed E-state index contributed by atoms with van der Waals surface area (Å²) in [5.41, 5.74) is 5.61. The zero-order valence-corrected chi connectivity index (χ0v) is 11.8. The van der Waals surface area contributed by atoms with Crippen molar-refractivity contribution >= 4 is 5.97 Å². The molecular weight excluding hydrogens is 242 g/mol. The van der Waals surface area contributed by atoms with E-state index < -0.39 is 5.97 Å². The van der Waals surface area contributed by atoms with Gasteiger partial charge < -0.3 is 9.52 Å². The molecule has 1 heterocycles. The first kappa shape index (κ1) is 13.3. The highest BCUT2D eigenvalue weighted by Gasteiger charge is 2.23. The molecule has 4 heteroatoms. The Hall–Kier alpha value is -2.10. The number of hydrogen-bond acceptors (Lipinski definition) is 3. The average Bonchev–Trinajstić information content (AvgIpc) is 2.69. The summed E-state index contributed by atoms with van der Waals surface area (Å²) in [4.78, 5) is 15.5. The maximum absolute atomic E-state index is 11.3. The molecule has 4 nitrogen and oxygen atoms in total. The molecule has 0 aliphatic rings. The molecule has 0 radical (unpaired) electrons. The molecule has 0 saturated heterocycles. The molecule has 0 atom stereocenters. The van der Waals surface area contributed by atoms with Crippen LogP contribution in [0.3, 0.4) is 0 Å². The van der Waals surface area contributed by atoms with Crippen molar-refractivity contribution in [3.63, 3.8) is 0 Å². The number of carboxylic acids is 1. The van der Waals surface area contributed by atoms with Gasteiger partial charge in [0.2, 0.25) is 5.76 Å². The van der Waals surface area contributed by atoms with Crippen LogP contribution in [-0.4, -0.2) is 16.1 Å². The van der Waals surface area contributed by atoms with E-state index in [4.69, 9.17) is 4.42 Å². The van der Waals surface area contributed by atoms with Gasteiger partial charge in [0.25, 0.3) is 0 Å². The first-order chi connectivity index (χ1) is 8.82. The molecule has 0 aliphatic heterocycles. The Labute approximate surface area is 112 Å². The summed E-state index contributed by atoms with van der Waals surface area (Å²) in [6.45, 7) is 9.64. The molecule has 0 bridgehead atoms. The molecule has 2 rings (SSSR count). The highest BCUT2D eigenvalue weighted by atomic mass is 16.4. The van der Waals surface area contributed by atoms with E-state index in [1.54, 1.807) is 6.92 Å². The first-order valence-electron chi connectivity index (χ1n) is 6.11. The zero-order chi connectivity index (χ0) is 14.3. The van der Waals surface area contributed by atoms with Gasteiger partial charge in [-0.1, -0.05) is 6.07 Å². The Morgan fingerprint density at radius 2 is 1.63 bits per heavy atom. The summed E-state index contributed by atoms with van der Waals surface area (Å²) < 4.78 is 5.21. The third-order valence-corrected chi connectivity index (χ3v) is 3.53. The summed E-state index contributed by atoms with van der Waals surface area (Å²) in [7, 11) is 0. The lowest BCUT2D eigenvalue weighted by atomic mass is 9.92. The Morgan fingerprint density at radius 3 is 2.11 bits per heavy atom. The fourth-order valence-electron chi connectivity index (χ4n) is 2.31. The molecule has 0 aliphatic carbocycles. The van der Waals surface area contributed by atoms with Crippen molar-refractivity contribution in [1.29, 1.82) is 0 Å². The molecule has 1 N–H and O–H groups in total. The van der Waals surface area contributed by atoms with Crippen LogP contribution in [0.25, 0.3) is 11.3 Å². The fraction of sp³-hybridized carbons (Fsp3) is 0.333. The molecule has 0 saturated carbocycles. The lowest BCUT2D eigenvalue weighted by molar-refractivity contribution is 0.0662. The fourth-order valence-corrected chi connectivity index (χ4v) is 2.31. The van der Waals surface area contributed by atoms with Crippen molar-refractivity contribution in [3.8, 4) is 11.3 Å². The van der Waals surface area contributed by atoms with Crippen molar-refractivity contribution in [3.05, 3.63) is 40.0 Å². The number of hydrogen-bond donors (Lipinski definition) is 1. The number of aromatic carboxylic acids is 1. The van der Waals surface area contributed by atoms with Crippen LogP contribution in [0.1, 0.15) is 38.7 Å². The number of nitrogens with zero attached hydrogens (tertiary/aromatic N) is 1. The van der Waals surface area contributed by atoms with E-state index in [2.05, 4.69) is 11.1 Å². The van der Waals surface area contributed by atoms with Crippen LogP contribution in [0.15, 0.2) is 10.5 Å². The third-order valence-electron chi connectivity index (χ3n) is 3.53. The van der Waals surface area contributed by atoms with Crippen LogP contribution in [0.2, 0.25) is 0 Å². The topological polar surface area (TPSA) is 63.3 Å². The SMILES string of the molecule is Cc1nc(-c2c(C)c(C)cc(C)c2C)c(C(=O)O)o1. The maximum atomic E-state index is 11.3. The van der Waals surface area contributed by atoms with Gasteiger partial charge >= 0.3 is 5.97 Å². The van der Waals surface area contributed by atoms with Crippen molar-refractivity contribution in [1.82, 2.24) is 4.98 Å². The number of benzene rings is 1. The summed E-state index contributed by atoms with van der Waals surface area (Å²) in [5, 5.41) is 9.23. The average molecular weight is 259 g/mol.